The molecule has 5 N–H and O–H groups in total. The van der Waals surface area contributed by atoms with Gasteiger partial charge in [0.1, 0.15) is 25.2 Å². The van der Waals surface area contributed by atoms with Crippen LogP contribution in [0.1, 0.15) is 5.56 Å². The summed E-state index contributed by atoms with van der Waals surface area (Å²) in [4.78, 5) is 10.9. The molecule has 0 spiro atoms. The number of methoxy groups -OCH3 is 1. The summed E-state index contributed by atoms with van der Waals surface area (Å²) < 4.78 is 11.4. The van der Waals surface area contributed by atoms with E-state index in [2.05, 4.69) is 48.3 Å². The van der Waals surface area contributed by atoms with Crippen molar-refractivity contribution >= 4 is 53.1 Å². The second kappa shape index (κ2) is 12.1. The number of nitrogens with two attached hydrogens (primary N) is 1. The molecule has 0 saturated carbocycles. The van der Waals surface area contributed by atoms with E-state index in [1.54, 1.807) is 21.0 Å². The zero-order valence-electron chi connectivity index (χ0n) is 19.1. The van der Waals surface area contributed by atoms with Gasteiger partial charge in [-0.1, -0.05) is 28.6 Å². The van der Waals surface area contributed by atoms with Gasteiger partial charge < -0.3 is 30.5 Å². The van der Waals surface area contributed by atoms with Crippen molar-refractivity contribution in [2.24, 2.45) is 20.8 Å². The number of aliphatic imine (C=N–C) groups is 2. The third kappa shape index (κ3) is 7.25. The van der Waals surface area contributed by atoms with Crippen LogP contribution in [-0.2, 0) is 4.74 Å². The lowest BCUT2D eigenvalue weighted by molar-refractivity contribution is 0.0675. The van der Waals surface area contributed by atoms with E-state index in [0.29, 0.717) is 43.6 Å². The summed E-state index contributed by atoms with van der Waals surface area (Å²) in [5, 5.41) is 17.4. The number of ether oxygens (including phenoxy) is 2. The van der Waals surface area contributed by atoms with Gasteiger partial charge in [-0.2, -0.15) is 15.1 Å². The highest BCUT2D eigenvalue weighted by atomic mass is 79.9. The van der Waals surface area contributed by atoms with Gasteiger partial charge in [-0.25, -0.2) is 5.43 Å². The Balaban J connectivity index is 1.74. The van der Waals surface area contributed by atoms with Crippen LogP contribution in [0.5, 0.6) is 11.5 Å². The number of hydrogen-bond acceptors (Lipinski definition) is 6. The molecule has 0 aliphatic carbocycles. The van der Waals surface area contributed by atoms with Crippen molar-refractivity contribution in [2.45, 2.75) is 0 Å². The second-order valence-corrected chi connectivity index (χ2v) is 8.25. The van der Waals surface area contributed by atoms with Gasteiger partial charge in [0.2, 0.25) is 11.9 Å². The van der Waals surface area contributed by atoms with E-state index in [1.165, 1.54) is 6.21 Å². The molecule has 12 heteroatoms. The molecular weight excluding hydrogens is 501 g/mol. The molecule has 0 aromatic heterocycles. The number of benzene rings is 2. The number of nitrogens with one attached hydrogen (secondary N) is 2. The van der Waals surface area contributed by atoms with Crippen molar-refractivity contribution in [1.29, 1.82) is 0 Å². The number of nitrogens with zero attached hydrogens (tertiary/aromatic N) is 4. The fraction of sp³-hybridized carbons (Fsp3) is 0.227. The van der Waals surface area contributed by atoms with Crippen LogP contribution in [0.25, 0.3) is 0 Å². The van der Waals surface area contributed by atoms with Crippen LogP contribution in [0.15, 0.2) is 68.4 Å². The fourth-order valence-electron chi connectivity index (χ4n) is 3.08. The third-order valence-corrected chi connectivity index (χ3v) is 5.26. The monoisotopic (exact) mass is 527 g/mol. The Morgan fingerprint density at radius 1 is 1.26 bits per heavy atom. The number of phenolic OH excluding ortho intramolecular Hbond substituents is 1. The summed E-state index contributed by atoms with van der Waals surface area (Å²) in [6.45, 7) is 6.32. The Morgan fingerprint density at radius 3 is 2.65 bits per heavy atom. The lowest BCUT2D eigenvalue weighted by atomic mass is 9.93. The second-order valence-electron chi connectivity index (χ2n) is 7.34. The number of guanidine groups is 2. The molecule has 0 bridgehead atoms. The number of hydrazone groups is 1. The molecule has 3 rings (SSSR count). The van der Waals surface area contributed by atoms with E-state index in [9.17, 15) is 5.11 Å². The third-order valence-electron chi connectivity index (χ3n) is 4.81. The van der Waals surface area contributed by atoms with Crippen molar-refractivity contribution in [1.82, 2.24) is 10.3 Å². The molecule has 2 aromatic rings. The quantitative estimate of drug-likeness (QED) is 0.190. The van der Waals surface area contributed by atoms with Crippen LogP contribution in [0.2, 0.25) is 0 Å². The van der Waals surface area contributed by atoms with Crippen molar-refractivity contribution in [3.8, 4) is 11.5 Å². The van der Waals surface area contributed by atoms with E-state index < -0.39 is 0 Å². The van der Waals surface area contributed by atoms with Crippen LogP contribution in [0.3, 0.4) is 0 Å². The van der Waals surface area contributed by atoms with Gasteiger partial charge in [-0.3, -0.25) is 0 Å². The number of hydrogen-bond donors (Lipinski definition) is 4. The molecule has 1 aliphatic heterocycles. The first-order valence-electron chi connectivity index (χ1n) is 10.5. The summed E-state index contributed by atoms with van der Waals surface area (Å²) in [5.74, 6) is 1.69. The first-order valence-corrected chi connectivity index (χ1v) is 11.3. The highest BCUT2D eigenvalue weighted by Gasteiger charge is 2.16. The molecule has 1 heterocycles. The maximum Gasteiger partial charge on any atom is 0.230 e. The smallest absolute Gasteiger partial charge is 0.230 e. The summed E-state index contributed by atoms with van der Waals surface area (Å²) in [7, 11) is 3.42. The standard InChI is InChI=1S/C22H27BBrN7O3/c1-14(27-17-3-5-18(33-2)6-4-17)28-22(31-7-9-34-10-8-31)29-21(25)30-26-13-15-11-16(24)12-19(23)20(15)32/h3-6,11-13,27,32H,1,7-10,23H2,2H3,(H3,25,28,29,30)/b26-13+. The van der Waals surface area contributed by atoms with Crippen molar-refractivity contribution in [2.75, 3.05) is 38.7 Å². The van der Waals surface area contributed by atoms with Crippen LogP contribution in [-0.4, -0.2) is 69.4 Å². The maximum absolute atomic E-state index is 10.2. The molecule has 0 radical (unpaired) electrons. The van der Waals surface area contributed by atoms with Crippen LogP contribution >= 0.6 is 15.9 Å². The average molecular weight is 528 g/mol. The lowest BCUT2D eigenvalue weighted by Crippen LogP contribution is -2.42. The van der Waals surface area contributed by atoms with Gasteiger partial charge in [0.15, 0.2) is 0 Å². The number of rotatable bonds is 6. The summed E-state index contributed by atoms with van der Waals surface area (Å²) in [6.07, 6.45) is 1.46. The minimum absolute atomic E-state index is 0.0324. The topological polar surface area (TPSA) is 129 Å². The molecule has 0 atom stereocenters. The first kappa shape index (κ1) is 25.1. The molecule has 2 aromatic carbocycles. The lowest BCUT2D eigenvalue weighted by Gasteiger charge is -2.27. The highest BCUT2D eigenvalue weighted by molar-refractivity contribution is 9.10. The number of aromatic hydroxyl groups is 1. The van der Waals surface area contributed by atoms with Gasteiger partial charge >= 0.3 is 0 Å². The molecule has 1 fully saturated rings. The minimum Gasteiger partial charge on any atom is -0.508 e. The highest BCUT2D eigenvalue weighted by Crippen LogP contribution is 2.18. The first-order chi connectivity index (χ1) is 16.4. The van der Waals surface area contributed by atoms with Crippen molar-refractivity contribution in [3.05, 3.63) is 58.8 Å². The normalized spacial score (nSPS) is 14.8. The maximum atomic E-state index is 10.2. The van der Waals surface area contributed by atoms with E-state index in [0.717, 1.165) is 21.4 Å². The van der Waals surface area contributed by atoms with E-state index in [4.69, 9.17) is 15.2 Å². The predicted octanol–water partition coefficient (Wildman–Crippen LogP) is 0.931. The molecule has 178 valence electrons. The van der Waals surface area contributed by atoms with Crippen molar-refractivity contribution in [3.63, 3.8) is 0 Å². The molecule has 1 saturated heterocycles. The Labute approximate surface area is 207 Å². The van der Waals surface area contributed by atoms with Gasteiger partial charge in [-0.05, 0) is 35.8 Å². The molecular formula is C22H27BBrN7O3. The van der Waals surface area contributed by atoms with Crippen LogP contribution in [0.4, 0.5) is 5.69 Å². The molecule has 10 nitrogen and oxygen atoms in total. The van der Waals surface area contributed by atoms with Gasteiger partial charge in [0.05, 0.1) is 26.5 Å². The summed E-state index contributed by atoms with van der Waals surface area (Å²) >= 11 is 3.40. The average Bonchev–Trinajstić information content (AvgIpc) is 2.82. The Hall–Kier alpha value is -3.51. The van der Waals surface area contributed by atoms with Gasteiger partial charge in [0.25, 0.3) is 0 Å². The zero-order chi connectivity index (χ0) is 24.5. The van der Waals surface area contributed by atoms with Gasteiger partial charge in [0, 0.05) is 28.8 Å². The number of halogens is 1. The van der Waals surface area contributed by atoms with Crippen LogP contribution < -0.4 is 26.7 Å². The van der Waals surface area contributed by atoms with Gasteiger partial charge in [-0.15, -0.1) is 0 Å². The molecule has 34 heavy (non-hydrogen) atoms. The summed E-state index contributed by atoms with van der Waals surface area (Å²) in [5.41, 5.74) is 10.8. The predicted molar refractivity (Wildman–Crippen MR) is 142 cm³/mol. The van der Waals surface area contributed by atoms with Crippen molar-refractivity contribution < 1.29 is 14.6 Å². The fourth-order valence-corrected chi connectivity index (χ4v) is 3.67. The zero-order valence-corrected chi connectivity index (χ0v) is 20.7. The number of anilines is 1. The molecule has 0 amide bonds. The Bertz CT molecular complexity index is 1100. The van der Waals surface area contributed by atoms with E-state index in [1.807, 2.05) is 35.2 Å². The SMILES string of the molecule is Bc1cc(Br)cc(/C=N/N/C(N)=N/C(=N\C(=C)Nc2ccc(OC)cc2)N2CCOCC2)c1O. The Kier molecular flexibility index (Phi) is 8.94. The molecule has 0 unspecified atom stereocenters. The van der Waals surface area contributed by atoms with E-state index in [-0.39, 0.29) is 11.7 Å². The van der Waals surface area contributed by atoms with Crippen LogP contribution in [0, 0.1) is 0 Å². The number of morpholine rings is 1. The number of phenols is 1. The molecule has 1 aliphatic rings. The largest absolute Gasteiger partial charge is 0.508 e. The van der Waals surface area contributed by atoms with E-state index >= 15 is 0 Å². The minimum atomic E-state index is 0.0324. The Morgan fingerprint density at radius 2 is 1.97 bits per heavy atom. The summed E-state index contributed by atoms with van der Waals surface area (Å²) in [6, 6.07) is 11.0.